The number of hydrogen-bond donors (Lipinski definition) is 3. The van der Waals surface area contributed by atoms with Gasteiger partial charge in [-0.25, -0.2) is 4.90 Å². The summed E-state index contributed by atoms with van der Waals surface area (Å²) in [4.78, 5) is 53.4. The van der Waals surface area contributed by atoms with Crippen molar-refractivity contribution < 1.29 is 29.4 Å². The number of aliphatic carboxylic acids is 1. The van der Waals surface area contributed by atoms with Gasteiger partial charge in [-0.15, -0.1) is 0 Å². The predicted molar refractivity (Wildman–Crippen MR) is 138 cm³/mol. The lowest BCUT2D eigenvalue weighted by Crippen LogP contribution is -2.57. The van der Waals surface area contributed by atoms with Crippen LogP contribution in [0, 0.1) is 11.8 Å². The number of nitrogens with one attached hydrogen (secondary N) is 1. The van der Waals surface area contributed by atoms with E-state index in [1.165, 1.54) is 43.3 Å². The number of ketones is 1. The molecule has 3 N–H and O–H groups in total. The molecule has 2 heterocycles. The highest BCUT2D eigenvalue weighted by atomic mass is 79.9. The van der Waals surface area contributed by atoms with Crippen molar-refractivity contribution in [3.05, 3.63) is 94.0 Å². The van der Waals surface area contributed by atoms with Gasteiger partial charge in [0.1, 0.15) is 11.3 Å². The van der Waals surface area contributed by atoms with E-state index in [0.717, 1.165) is 9.37 Å². The lowest BCUT2D eigenvalue weighted by Gasteiger charge is -2.31. The Labute approximate surface area is 221 Å². The first kappa shape index (κ1) is 24.9. The number of carboxylic acids is 1. The van der Waals surface area contributed by atoms with E-state index < -0.39 is 41.2 Å². The second-order valence-corrected chi connectivity index (χ2v) is 10.3. The van der Waals surface area contributed by atoms with E-state index in [2.05, 4.69) is 21.2 Å². The van der Waals surface area contributed by atoms with Crippen molar-refractivity contribution >= 4 is 45.2 Å². The number of hydrogen-bond acceptors (Lipinski definition) is 6. The number of aromatic hydroxyl groups is 1. The number of phenols is 1. The highest BCUT2D eigenvalue weighted by Crippen LogP contribution is 2.51. The highest BCUT2D eigenvalue weighted by Gasteiger charge is 2.68. The van der Waals surface area contributed by atoms with E-state index in [-0.39, 0.29) is 23.6 Å². The van der Waals surface area contributed by atoms with E-state index in [9.17, 15) is 29.4 Å². The van der Waals surface area contributed by atoms with Gasteiger partial charge in [-0.2, -0.15) is 0 Å². The number of amides is 2. The molecule has 2 aliphatic heterocycles. The molecule has 2 aliphatic rings. The summed E-state index contributed by atoms with van der Waals surface area (Å²) >= 11 is 3.40. The number of Topliss-reactive ketones (excluding diaryl/α,β-unsaturated/α-hetero) is 1. The maximum Gasteiger partial charge on any atom is 0.325 e. The van der Waals surface area contributed by atoms with Crippen LogP contribution in [0.4, 0.5) is 5.69 Å². The molecule has 0 spiro atoms. The number of rotatable bonds is 6. The third kappa shape index (κ3) is 4.14. The standard InChI is InChI=1S/C28H23BrN2O6/c1-15(32)17-6-10-20(11-7-17)31-25(34)22-23(26(31)35)28(27(36)37,14-16-2-12-21(33)13-3-16)30-24(22)18-4-8-19(29)9-5-18/h2-13,22-24,30,33H,14H2,1H3,(H,36,37). The van der Waals surface area contributed by atoms with Crippen molar-refractivity contribution in [2.75, 3.05) is 4.90 Å². The molecule has 9 heteroatoms. The van der Waals surface area contributed by atoms with Crippen molar-refractivity contribution in [3.8, 4) is 5.75 Å². The van der Waals surface area contributed by atoms with Crippen LogP contribution < -0.4 is 10.2 Å². The molecule has 0 bridgehead atoms. The fourth-order valence-electron chi connectivity index (χ4n) is 5.43. The van der Waals surface area contributed by atoms with Gasteiger partial charge in [0.15, 0.2) is 5.78 Å². The van der Waals surface area contributed by atoms with Crippen LogP contribution in [-0.2, 0) is 20.8 Å². The summed E-state index contributed by atoms with van der Waals surface area (Å²) in [5, 5.41) is 23.4. The van der Waals surface area contributed by atoms with Crippen LogP contribution in [0.2, 0.25) is 0 Å². The van der Waals surface area contributed by atoms with Crippen LogP contribution in [-0.4, -0.2) is 39.3 Å². The average Bonchev–Trinajstić information content (AvgIpc) is 3.35. The summed E-state index contributed by atoms with van der Waals surface area (Å²) in [5.41, 5.74) is 0.215. The lowest BCUT2D eigenvalue weighted by molar-refractivity contribution is -0.148. The van der Waals surface area contributed by atoms with Gasteiger partial charge in [-0.1, -0.05) is 40.2 Å². The zero-order valence-corrected chi connectivity index (χ0v) is 21.3. The number of benzene rings is 3. The molecule has 2 fully saturated rings. The summed E-state index contributed by atoms with van der Waals surface area (Å²) in [6.07, 6.45) is -0.0764. The Hall–Kier alpha value is -3.82. The first-order chi connectivity index (χ1) is 17.6. The fourth-order valence-corrected chi connectivity index (χ4v) is 5.69. The van der Waals surface area contributed by atoms with E-state index in [4.69, 9.17) is 0 Å². The van der Waals surface area contributed by atoms with Gasteiger partial charge in [0.05, 0.1) is 17.5 Å². The Kier molecular flexibility index (Phi) is 6.21. The number of carboxylic acid groups (broad SMARTS) is 1. The summed E-state index contributed by atoms with van der Waals surface area (Å²) in [6, 6.07) is 18.7. The zero-order chi connectivity index (χ0) is 26.5. The molecule has 0 aliphatic carbocycles. The maximum absolute atomic E-state index is 13.9. The van der Waals surface area contributed by atoms with Crippen LogP contribution in [0.15, 0.2) is 77.3 Å². The van der Waals surface area contributed by atoms with E-state index in [1.807, 2.05) is 0 Å². The Balaban J connectivity index is 1.63. The number of carbonyl (C=O) groups is 4. The molecule has 0 radical (unpaired) electrons. The Bertz CT molecular complexity index is 1400. The largest absolute Gasteiger partial charge is 0.508 e. The Morgan fingerprint density at radius 3 is 2.14 bits per heavy atom. The molecular formula is C28H23BrN2O6. The van der Waals surface area contributed by atoms with Crippen molar-refractivity contribution in [1.29, 1.82) is 0 Å². The van der Waals surface area contributed by atoms with Gasteiger partial charge in [0.25, 0.3) is 0 Å². The quantitative estimate of drug-likeness (QED) is 0.307. The first-order valence-corrected chi connectivity index (χ1v) is 12.4. The molecular weight excluding hydrogens is 540 g/mol. The first-order valence-electron chi connectivity index (χ1n) is 11.7. The van der Waals surface area contributed by atoms with Crippen LogP contribution in [0.3, 0.4) is 0 Å². The summed E-state index contributed by atoms with van der Waals surface area (Å²) < 4.78 is 0.820. The molecule has 37 heavy (non-hydrogen) atoms. The van der Waals surface area contributed by atoms with Crippen molar-refractivity contribution in [1.82, 2.24) is 5.32 Å². The van der Waals surface area contributed by atoms with Gasteiger partial charge in [-0.3, -0.25) is 24.5 Å². The molecule has 2 amide bonds. The second-order valence-electron chi connectivity index (χ2n) is 9.41. The van der Waals surface area contributed by atoms with Crippen molar-refractivity contribution in [2.45, 2.75) is 24.9 Å². The summed E-state index contributed by atoms with van der Waals surface area (Å²) in [5.74, 6) is -4.63. The van der Waals surface area contributed by atoms with Crippen LogP contribution in [0.1, 0.15) is 34.5 Å². The number of carbonyl (C=O) groups excluding carboxylic acids is 3. The molecule has 3 aromatic rings. The minimum Gasteiger partial charge on any atom is -0.508 e. The number of imide groups is 1. The van der Waals surface area contributed by atoms with E-state index >= 15 is 0 Å². The number of fused-ring (bicyclic) bond motifs is 1. The predicted octanol–water partition coefficient (Wildman–Crippen LogP) is 3.87. The SMILES string of the molecule is CC(=O)c1ccc(N2C(=O)C3C(c4ccc(Br)cc4)NC(Cc4ccc(O)cc4)(C(=O)O)C3C2=O)cc1. The summed E-state index contributed by atoms with van der Waals surface area (Å²) in [6.45, 7) is 1.42. The van der Waals surface area contributed by atoms with Crippen LogP contribution in [0.5, 0.6) is 5.75 Å². The van der Waals surface area contributed by atoms with Crippen LogP contribution >= 0.6 is 15.9 Å². The monoisotopic (exact) mass is 562 g/mol. The van der Waals surface area contributed by atoms with Gasteiger partial charge in [0.2, 0.25) is 11.8 Å². The minimum atomic E-state index is -1.78. The molecule has 0 aromatic heterocycles. The van der Waals surface area contributed by atoms with E-state index in [0.29, 0.717) is 16.7 Å². The normalized spacial score (nSPS) is 24.8. The maximum atomic E-state index is 13.9. The fraction of sp³-hybridized carbons (Fsp3) is 0.214. The number of anilines is 1. The average molecular weight is 563 g/mol. The Morgan fingerprint density at radius 2 is 1.57 bits per heavy atom. The van der Waals surface area contributed by atoms with Crippen molar-refractivity contribution in [3.63, 3.8) is 0 Å². The van der Waals surface area contributed by atoms with Crippen molar-refractivity contribution in [2.24, 2.45) is 11.8 Å². The second kappa shape index (κ2) is 9.24. The van der Waals surface area contributed by atoms with E-state index in [1.54, 1.807) is 36.4 Å². The zero-order valence-electron chi connectivity index (χ0n) is 19.7. The molecule has 0 saturated carbocycles. The topological polar surface area (TPSA) is 124 Å². The van der Waals surface area contributed by atoms with Gasteiger partial charge < -0.3 is 10.2 Å². The molecule has 2 saturated heterocycles. The van der Waals surface area contributed by atoms with Gasteiger partial charge in [-0.05, 0) is 66.6 Å². The number of phenolic OH excluding ortho intramolecular Hbond substituents is 1. The third-order valence-electron chi connectivity index (χ3n) is 7.22. The molecule has 188 valence electrons. The van der Waals surface area contributed by atoms with Gasteiger partial charge in [0, 0.05) is 22.5 Å². The van der Waals surface area contributed by atoms with Gasteiger partial charge >= 0.3 is 5.97 Å². The third-order valence-corrected chi connectivity index (χ3v) is 7.74. The molecule has 4 atom stereocenters. The smallest absolute Gasteiger partial charge is 0.325 e. The minimum absolute atomic E-state index is 0.0328. The van der Waals surface area contributed by atoms with Crippen LogP contribution in [0.25, 0.3) is 0 Å². The number of nitrogens with zero attached hydrogens (tertiary/aromatic N) is 1. The lowest BCUT2D eigenvalue weighted by atomic mass is 9.76. The Morgan fingerprint density at radius 1 is 0.946 bits per heavy atom. The summed E-state index contributed by atoms with van der Waals surface area (Å²) in [7, 11) is 0. The molecule has 3 aromatic carbocycles. The molecule has 4 unspecified atom stereocenters. The number of halogens is 1. The molecule has 8 nitrogen and oxygen atoms in total. The molecule has 5 rings (SSSR count). The highest BCUT2D eigenvalue weighted by molar-refractivity contribution is 9.10.